The molecule has 2 nitrogen and oxygen atoms in total. The summed E-state index contributed by atoms with van der Waals surface area (Å²) in [5.41, 5.74) is 4.64. The summed E-state index contributed by atoms with van der Waals surface area (Å²) in [5.74, 6) is 0.931. The molecule has 0 spiro atoms. The summed E-state index contributed by atoms with van der Waals surface area (Å²) in [5, 5.41) is 5.58. The van der Waals surface area contributed by atoms with Crippen LogP contribution in [-0.2, 0) is 0 Å². The number of benzene rings is 1. The van der Waals surface area contributed by atoms with Crippen LogP contribution in [0.15, 0.2) is 42.5 Å². The van der Waals surface area contributed by atoms with Crippen molar-refractivity contribution in [1.29, 1.82) is 0 Å². The highest BCUT2D eigenvalue weighted by Gasteiger charge is 2.06. The summed E-state index contributed by atoms with van der Waals surface area (Å²) in [6.07, 6.45) is 3.08. The molecule has 2 rings (SSSR count). The Bertz CT molecular complexity index is 681. The molecule has 1 aromatic heterocycles. The van der Waals surface area contributed by atoms with E-state index in [0.717, 1.165) is 28.9 Å². The van der Waals surface area contributed by atoms with Crippen molar-refractivity contribution in [1.82, 2.24) is 4.98 Å². The number of nitrogens with zero attached hydrogens (tertiary/aromatic N) is 1. The number of aryl methyl sites for hydroxylation is 1. The van der Waals surface area contributed by atoms with E-state index in [1.165, 1.54) is 16.5 Å². The third-order valence-electron chi connectivity index (χ3n) is 3.38. The SMILES string of the molecule is C=C(C)C/C=C(\C)c1cc2cc(C)ccc2c(NC)n1. The van der Waals surface area contributed by atoms with Crippen molar-refractivity contribution in [2.45, 2.75) is 27.2 Å². The van der Waals surface area contributed by atoms with Gasteiger partial charge in [-0.1, -0.05) is 42.0 Å². The number of anilines is 1. The average Bonchev–Trinajstić information content (AvgIpc) is 2.42. The summed E-state index contributed by atoms with van der Waals surface area (Å²) in [6.45, 7) is 10.2. The summed E-state index contributed by atoms with van der Waals surface area (Å²) in [6, 6.07) is 8.61. The number of fused-ring (bicyclic) bond motifs is 1. The zero-order valence-electron chi connectivity index (χ0n) is 12.7. The van der Waals surface area contributed by atoms with Crippen LogP contribution in [0.4, 0.5) is 5.82 Å². The van der Waals surface area contributed by atoms with Crippen LogP contribution in [0.3, 0.4) is 0 Å². The van der Waals surface area contributed by atoms with E-state index in [1.54, 1.807) is 0 Å². The van der Waals surface area contributed by atoms with E-state index in [4.69, 9.17) is 4.98 Å². The molecule has 1 aromatic carbocycles. The molecule has 0 atom stereocenters. The highest BCUT2D eigenvalue weighted by molar-refractivity contribution is 5.94. The zero-order valence-corrected chi connectivity index (χ0v) is 12.7. The lowest BCUT2D eigenvalue weighted by molar-refractivity contribution is 1.21. The lowest BCUT2D eigenvalue weighted by Gasteiger charge is -2.10. The molecular weight excluding hydrogens is 244 g/mol. The molecule has 0 amide bonds. The molecule has 0 aliphatic carbocycles. The molecule has 104 valence electrons. The van der Waals surface area contributed by atoms with Crippen molar-refractivity contribution in [3.05, 3.63) is 53.8 Å². The van der Waals surface area contributed by atoms with Gasteiger partial charge in [0.25, 0.3) is 0 Å². The molecule has 0 unspecified atom stereocenters. The second-order valence-corrected chi connectivity index (χ2v) is 5.38. The van der Waals surface area contributed by atoms with Gasteiger partial charge in [0.1, 0.15) is 5.82 Å². The smallest absolute Gasteiger partial charge is 0.134 e. The van der Waals surface area contributed by atoms with Gasteiger partial charge in [0.2, 0.25) is 0 Å². The van der Waals surface area contributed by atoms with E-state index < -0.39 is 0 Å². The molecular formula is C18H22N2. The number of aromatic nitrogens is 1. The molecule has 0 fully saturated rings. The van der Waals surface area contributed by atoms with Gasteiger partial charge in [-0.3, -0.25) is 0 Å². The first-order chi connectivity index (χ1) is 9.51. The monoisotopic (exact) mass is 266 g/mol. The fraction of sp³-hybridized carbons (Fsp3) is 0.278. The van der Waals surface area contributed by atoms with Crippen LogP contribution >= 0.6 is 0 Å². The van der Waals surface area contributed by atoms with Crippen molar-refractivity contribution in [2.75, 3.05) is 12.4 Å². The largest absolute Gasteiger partial charge is 0.373 e. The van der Waals surface area contributed by atoms with E-state index in [1.807, 2.05) is 14.0 Å². The van der Waals surface area contributed by atoms with Crippen LogP contribution in [0.5, 0.6) is 0 Å². The van der Waals surface area contributed by atoms with Gasteiger partial charge in [0.05, 0.1) is 5.69 Å². The van der Waals surface area contributed by atoms with Crippen LogP contribution < -0.4 is 5.32 Å². The molecule has 20 heavy (non-hydrogen) atoms. The number of hydrogen-bond acceptors (Lipinski definition) is 2. The van der Waals surface area contributed by atoms with Crippen molar-refractivity contribution in [2.24, 2.45) is 0 Å². The topological polar surface area (TPSA) is 24.9 Å². The predicted molar refractivity (Wildman–Crippen MR) is 89.1 cm³/mol. The average molecular weight is 266 g/mol. The molecule has 0 saturated heterocycles. The minimum atomic E-state index is 0.897. The maximum Gasteiger partial charge on any atom is 0.134 e. The molecule has 1 N–H and O–H groups in total. The standard InChI is InChI=1S/C18H22N2/c1-12(2)6-8-14(4)17-11-15-10-13(3)7-9-16(15)18(19-5)20-17/h7-11H,1,6H2,2-5H3,(H,19,20)/b14-8+. The fourth-order valence-electron chi connectivity index (χ4n) is 2.20. The summed E-state index contributed by atoms with van der Waals surface area (Å²) >= 11 is 0. The van der Waals surface area contributed by atoms with Gasteiger partial charge in [-0.15, -0.1) is 0 Å². The predicted octanol–water partition coefficient (Wildman–Crippen LogP) is 4.95. The number of nitrogens with one attached hydrogen (secondary N) is 1. The second-order valence-electron chi connectivity index (χ2n) is 5.38. The normalized spacial score (nSPS) is 11.7. The summed E-state index contributed by atoms with van der Waals surface area (Å²) < 4.78 is 0. The molecule has 2 heteroatoms. The molecule has 0 saturated carbocycles. The van der Waals surface area contributed by atoms with E-state index in [2.05, 4.69) is 56.1 Å². The van der Waals surface area contributed by atoms with E-state index in [0.29, 0.717) is 0 Å². The minimum Gasteiger partial charge on any atom is -0.373 e. The first kappa shape index (κ1) is 14.3. The lowest BCUT2D eigenvalue weighted by atomic mass is 10.0. The van der Waals surface area contributed by atoms with Crippen molar-refractivity contribution < 1.29 is 0 Å². The Morgan fingerprint density at radius 3 is 2.70 bits per heavy atom. The van der Waals surface area contributed by atoms with Crippen LogP contribution in [0.1, 0.15) is 31.5 Å². The Balaban J connectivity index is 2.54. The quantitative estimate of drug-likeness (QED) is 0.792. The maximum atomic E-state index is 4.72. The van der Waals surface area contributed by atoms with Crippen molar-refractivity contribution >= 4 is 22.2 Å². The van der Waals surface area contributed by atoms with Gasteiger partial charge in [-0.2, -0.15) is 0 Å². The fourth-order valence-corrected chi connectivity index (χ4v) is 2.20. The van der Waals surface area contributed by atoms with Crippen LogP contribution in [0.25, 0.3) is 16.3 Å². The van der Waals surface area contributed by atoms with Gasteiger partial charge in [-0.05, 0) is 44.2 Å². The zero-order chi connectivity index (χ0) is 14.7. The molecule has 0 aliphatic rings. The molecule has 0 aliphatic heterocycles. The second kappa shape index (κ2) is 5.91. The first-order valence-electron chi connectivity index (χ1n) is 6.92. The number of rotatable bonds is 4. The summed E-state index contributed by atoms with van der Waals surface area (Å²) in [7, 11) is 1.92. The minimum absolute atomic E-state index is 0.897. The Hall–Kier alpha value is -2.09. The van der Waals surface area contributed by atoms with E-state index >= 15 is 0 Å². The Morgan fingerprint density at radius 1 is 1.30 bits per heavy atom. The van der Waals surface area contributed by atoms with E-state index in [9.17, 15) is 0 Å². The highest BCUT2D eigenvalue weighted by atomic mass is 15.0. The van der Waals surface area contributed by atoms with Gasteiger partial charge in [0.15, 0.2) is 0 Å². The first-order valence-corrected chi connectivity index (χ1v) is 6.92. The summed E-state index contributed by atoms with van der Waals surface area (Å²) in [4.78, 5) is 4.72. The van der Waals surface area contributed by atoms with Crippen LogP contribution in [0, 0.1) is 6.92 Å². The number of allylic oxidation sites excluding steroid dienone is 3. The molecule has 1 heterocycles. The highest BCUT2D eigenvalue weighted by Crippen LogP contribution is 2.26. The van der Waals surface area contributed by atoms with Gasteiger partial charge in [-0.25, -0.2) is 4.98 Å². The Kier molecular flexibility index (Phi) is 4.23. The molecule has 0 bridgehead atoms. The third kappa shape index (κ3) is 3.08. The van der Waals surface area contributed by atoms with Gasteiger partial charge >= 0.3 is 0 Å². The Morgan fingerprint density at radius 2 is 2.05 bits per heavy atom. The third-order valence-corrected chi connectivity index (χ3v) is 3.38. The lowest BCUT2D eigenvalue weighted by Crippen LogP contribution is -1.97. The van der Waals surface area contributed by atoms with Crippen molar-refractivity contribution in [3.63, 3.8) is 0 Å². The van der Waals surface area contributed by atoms with Crippen LogP contribution in [0.2, 0.25) is 0 Å². The Labute approximate surface area is 121 Å². The van der Waals surface area contributed by atoms with Gasteiger partial charge < -0.3 is 5.32 Å². The number of pyridine rings is 1. The van der Waals surface area contributed by atoms with Crippen molar-refractivity contribution in [3.8, 4) is 0 Å². The number of hydrogen-bond donors (Lipinski definition) is 1. The van der Waals surface area contributed by atoms with Gasteiger partial charge in [0, 0.05) is 12.4 Å². The molecule has 0 radical (unpaired) electrons. The maximum absolute atomic E-state index is 4.72. The van der Waals surface area contributed by atoms with Crippen LogP contribution in [-0.4, -0.2) is 12.0 Å². The van der Waals surface area contributed by atoms with E-state index in [-0.39, 0.29) is 0 Å². The molecule has 2 aromatic rings.